The molecule has 2 amide bonds. The molecule has 8 heteroatoms. The summed E-state index contributed by atoms with van der Waals surface area (Å²) >= 11 is 0. The number of aromatic hydroxyl groups is 1. The lowest BCUT2D eigenvalue weighted by Gasteiger charge is -2.05. The fourth-order valence-electron chi connectivity index (χ4n) is 2.36. The van der Waals surface area contributed by atoms with Crippen LogP contribution in [0.4, 0.5) is 0 Å². The molecule has 27 heavy (non-hydrogen) atoms. The van der Waals surface area contributed by atoms with Crippen molar-refractivity contribution in [3.63, 3.8) is 0 Å². The molecular weight excluding hydrogens is 346 g/mol. The number of hydrazone groups is 1. The van der Waals surface area contributed by atoms with Crippen LogP contribution < -0.4 is 10.7 Å². The number of amides is 2. The van der Waals surface area contributed by atoms with Crippen molar-refractivity contribution >= 4 is 18.0 Å². The average Bonchev–Trinajstić information content (AvgIpc) is 3.16. The van der Waals surface area contributed by atoms with Crippen molar-refractivity contribution in [1.82, 2.24) is 20.9 Å². The van der Waals surface area contributed by atoms with Gasteiger partial charge in [-0.25, -0.2) is 5.43 Å². The lowest BCUT2D eigenvalue weighted by atomic mass is 10.1. The maximum absolute atomic E-state index is 11.9. The van der Waals surface area contributed by atoms with Crippen LogP contribution in [0.5, 0.6) is 5.75 Å². The molecule has 0 aliphatic heterocycles. The van der Waals surface area contributed by atoms with E-state index in [9.17, 15) is 14.7 Å². The Balaban J connectivity index is 1.54. The third-order valence-electron chi connectivity index (χ3n) is 3.68. The Morgan fingerprint density at radius 3 is 2.63 bits per heavy atom. The van der Waals surface area contributed by atoms with E-state index in [4.69, 9.17) is 0 Å². The van der Waals surface area contributed by atoms with E-state index >= 15 is 0 Å². The largest absolute Gasteiger partial charge is 0.507 e. The van der Waals surface area contributed by atoms with Crippen LogP contribution in [0.3, 0.4) is 0 Å². The molecular formula is C19H17N5O3. The third-order valence-corrected chi connectivity index (χ3v) is 3.68. The number of hydrogen-bond acceptors (Lipinski definition) is 5. The number of nitrogens with zero attached hydrogens (tertiary/aromatic N) is 2. The van der Waals surface area contributed by atoms with Crippen LogP contribution in [0.25, 0.3) is 11.3 Å². The minimum Gasteiger partial charge on any atom is -0.507 e. The molecule has 0 unspecified atom stereocenters. The summed E-state index contributed by atoms with van der Waals surface area (Å²) in [6.07, 6.45) is 3.06. The van der Waals surface area contributed by atoms with E-state index in [2.05, 4.69) is 26.0 Å². The number of aromatic amines is 1. The van der Waals surface area contributed by atoms with Gasteiger partial charge in [0.05, 0.1) is 30.2 Å². The highest BCUT2D eigenvalue weighted by Gasteiger charge is 2.11. The predicted molar refractivity (Wildman–Crippen MR) is 100 cm³/mol. The Bertz CT molecular complexity index is 966. The Kier molecular flexibility index (Phi) is 5.58. The predicted octanol–water partition coefficient (Wildman–Crippen LogP) is 1.66. The number of phenols is 1. The molecule has 0 saturated heterocycles. The van der Waals surface area contributed by atoms with Crippen LogP contribution >= 0.6 is 0 Å². The molecule has 136 valence electrons. The van der Waals surface area contributed by atoms with Gasteiger partial charge < -0.3 is 10.4 Å². The highest BCUT2D eigenvalue weighted by Crippen LogP contribution is 2.19. The van der Waals surface area contributed by atoms with Crippen molar-refractivity contribution in [2.24, 2.45) is 5.10 Å². The normalized spacial score (nSPS) is 10.7. The van der Waals surface area contributed by atoms with E-state index in [1.165, 1.54) is 18.3 Å². The number of carbonyl (C=O) groups is 2. The number of rotatable bonds is 6. The lowest BCUT2D eigenvalue weighted by molar-refractivity contribution is -0.120. The summed E-state index contributed by atoms with van der Waals surface area (Å²) in [7, 11) is 0. The van der Waals surface area contributed by atoms with Crippen molar-refractivity contribution in [2.45, 2.75) is 0 Å². The van der Waals surface area contributed by atoms with Gasteiger partial charge in [0, 0.05) is 11.1 Å². The van der Waals surface area contributed by atoms with Gasteiger partial charge in [-0.1, -0.05) is 42.5 Å². The summed E-state index contributed by atoms with van der Waals surface area (Å²) < 4.78 is 0. The average molecular weight is 363 g/mol. The van der Waals surface area contributed by atoms with Gasteiger partial charge in [0.15, 0.2) is 0 Å². The van der Waals surface area contributed by atoms with Crippen molar-refractivity contribution in [2.75, 3.05) is 6.54 Å². The molecule has 0 bridgehead atoms. The zero-order valence-electron chi connectivity index (χ0n) is 14.2. The second-order valence-electron chi connectivity index (χ2n) is 5.56. The number of H-pyrrole nitrogens is 1. The summed E-state index contributed by atoms with van der Waals surface area (Å²) in [6, 6.07) is 15.7. The third kappa shape index (κ3) is 4.57. The fraction of sp³-hybridized carbons (Fsp3) is 0.0526. The van der Waals surface area contributed by atoms with Gasteiger partial charge in [-0.05, 0) is 12.1 Å². The van der Waals surface area contributed by atoms with Crippen LogP contribution in [-0.2, 0) is 4.79 Å². The van der Waals surface area contributed by atoms with Gasteiger partial charge >= 0.3 is 0 Å². The first-order valence-electron chi connectivity index (χ1n) is 8.12. The molecule has 8 nitrogen and oxygen atoms in total. The van der Waals surface area contributed by atoms with Crippen molar-refractivity contribution in [1.29, 1.82) is 0 Å². The molecule has 1 heterocycles. The molecule has 3 rings (SSSR count). The van der Waals surface area contributed by atoms with E-state index in [-0.39, 0.29) is 17.9 Å². The Labute approximate surface area is 154 Å². The minimum absolute atomic E-state index is 0.0969. The van der Waals surface area contributed by atoms with Crippen LogP contribution in [0.2, 0.25) is 0 Å². The second-order valence-corrected chi connectivity index (χ2v) is 5.56. The molecule has 2 aromatic carbocycles. The number of nitrogens with one attached hydrogen (secondary N) is 3. The lowest BCUT2D eigenvalue weighted by Crippen LogP contribution is -2.34. The maximum Gasteiger partial charge on any atom is 0.259 e. The van der Waals surface area contributed by atoms with Gasteiger partial charge in [-0.2, -0.15) is 10.2 Å². The number of benzene rings is 2. The molecule has 0 radical (unpaired) electrons. The number of aromatic nitrogens is 2. The zero-order valence-corrected chi connectivity index (χ0v) is 14.2. The summed E-state index contributed by atoms with van der Waals surface area (Å²) in [5.74, 6) is -1.20. The van der Waals surface area contributed by atoms with Gasteiger partial charge in [0.25, 0.3) is 11.8 Å². The SMILES string of the molecule is O=C(CNC(=O)c1ccccc1O)N/N=C\c1cn[nH]c1-c1ccccc1. The van der Waals surface area contributed by atoms with Gasteiger partial charge in [-0.3, -0.25) is 14.7 Å². The standard InChI is InChI=1S/C19H17N5O3/c25-16-9-5-4-8-15(16)19(27)20-12-17(26)23-21-10-14-11-22-24-18(14)13-6-2-1-3-7-13/h1-11,25H,12H2,(H,20,27)(H,22,24)(H,23,26)/b21-10-. The smallest absolute Gasteiger partial charge is 0.259 e. The van der Waals surface area contributed by atoms with Crippen LogP contribution in [-0.4, -0.2) is 39.9 Å². The van der Waals surface area contributed by atoms with Crippen LogP contribution in [0.15, 0.2) is 65.9 Å². The molecule has 0 aliphatic rings. The van der Waals surface area contributed by atoms with E-state index in [1.807, 2.05) is 30.3 Å². The molecule has 0 spiro atoms. The van der Waals surface area contributed by atoms with Crippen LogP contribution in [0.1, 0.15) is 15.9 Å². The molecule has 4 N–H and O–H groups in total. The number of carbonyl (C=O) groups excluding carboxylic acids is 2. The van der Waals surface area contributed by atoms with Gasteiger partial charge in [-0.15, -0.1) is 0 Å². The maximum atomic E-state index is 11.9. The topological polar surface area (TPSA) is 119 Å². The first kappa shape index (κ1) is 17.9. The van der Waals surface area contributed by atoms with E-state index in [0.29, 0.717) is 5.56 Å². The van der Waals surface area contributed by atoms with Gasteiger partial charge in [0.1, 0.15) is 5.75 Å². The summed E-state index contributed by atoms with van der Waals surface area (Å²) in [5.41, 5.74) is 4.86. The zero-order chi connectivity index (χ0) is 19.1. The van der Waals surface area contributed by atoms with Crippen molar-refractivity contribution in [3.8, 4) is 17.0 Å². The van der Waals surface area contributed by atoms with Crippen molar-refractivity contribution < 1.29 is 14.7 Å². The monoisotopic (exact) mass is 363 g/mol. The fourth-order valence-corrected chi connectivity index (χ4v) is 2.36. The quantitative estimate of drug-likeness (QED) is 0.393. The van der Waals surface area contributed by atoms with E-state index in [1.54, 1.807) is 18.3 Å². The molecule has 0 saturated carbocycles. The Hall–Kier alpha value is -3.94. The first-order valence-corrected chi connectivity index (χ1v) is 8.12. The Morgan fingerprint density at radius 1 is 1.11 bits per heavy atom. The first-order chi connectivity index (χ1) is 13.1. The Morgan fingerprint density at radius 2 is 1.85 bits per heavy atom. The molecule has 1 aromatic heterocycles. The molecule has 3 aromatic rings. The van der Waals surface area contributed by atoms with Crippen LogP contribution in [0, 0.1) is 0 Å². The van der Waals surface area contributed by atoms with Crippen molar-refractivity contribution in [3.05, 3.63) is 71.9 Å². The summed E-state index contributed by atoms with van der Waals surface area (Å²) in [5, 5.41) is 22.8. The minimum atomic E-state index is -0.548. The van der Waals surface area contributed by atoms with Gasteiger partial charge in [0.2, 0.25) is 0 Å². The number of para-hydroxylation sites is 1. The highest BCUT2D eigenvalue weighted by atomic mass is 16.3. The number of hydrogen-bond donors (Lipinski definition) is 4. The summed E-state index contributed by atoms with van der Waals surface area (Å²) in [4.78, 5) is 23.8. The van der Waals surface area contributed by atoms with E-state index in [0.717, 1.165) is 11.3 Å². The molecule has 0 aliphatic carbocycles. The second kappa shape index (κ2) is 8.43. The molecule has 0 fully saturated rings. The highest BCUT2D eigenvalue weighted by molar-refractivity contribution is 5.98. The number of phenolic OH excluding ortho intramolecular Hbond substituents is 1. The van der Waals surface area contributed by atoms with E-state index < -0.39 is 11.8 Å². The molecule has 0 atom stereocenters. The summed E-state index contributed by atoms with van der Waals surface area (Å²) in [6.45, 7) is -0.276.